The summed E-state index contributed by atoms with van der Waals surface area (Å²) in [6.07, 6.45) is 7.00. The number of carbonyl (C=O) groups is 1. The van der Waals surface area contributed by atoms with Gasteiger partial charge in [0.2, 0.25) is 5.91 Å². The highest BCUT2D eigenvalue weighted by Crippen LogP contribution is 2.35. The fourth-order valence-electron chi connectivity index (χ4n) is 3.40. The first-order valence-corrected chi connectivity index (χ1v) is 8.16. The summed E-state index contributed by atoms with van der Waals surface area (Å²) in [7, 11) is 0. The summed E-state index contributed by atoms with van der Waals surface area (Å²) in [5, 5.41) is 0. The maximum atomic E-state index is 12.9. The van der Waals surface area contributed by atoms with Gasteiger partial charge in [0.1, 0.15) is 0 Å². The van der Waals surface area contributed by atoms with Crippen molar-refractivity contribution in [2.75, 3.05) is 13.1 Å². The van der Waals surface area contributed by atoms with E-state index < -0.39 is 0 Å². The Balaban J connectivity index is 1.78. The highest BCUT2D eigenvalue weighted by Gasteiger charge is 2.32. The lowest BCUT2D eigenvalue weighted by atomic mass is 9.82. The Labute approximate surface area is 122 Å². The van der Waals surface area contributed by atoms with Crippen molar-refractivity contribution in [2.24, 2.45) is 5.92 Å². The molecule has 0 aliphatic heterocycles. The Hall–Kier alpha value is -1.31. The molecule has 1 aromatic rings. The number of rotatable bonds is 5. The molecule has 0 saturated heterocycles. The van der Waals surface area contributed by atoms with Crippen molar-refractivity contribution < 1.29 is 4.79 Å². The summed E-state index contributed by atoms with van der Waals surface area (Å²) in [6.45, 7) is 4.08. The lowest BCUT2D eigenvalue weighted by Crippen LogP contribution is -2.38. The van der Waals surface area contributed by atoms with Crippen molar-refractivity contribution in [1.82, 2.24) is 4.90 Å². The zero-order valence-corrected chi connectivity index (χ0v) is 12.5. The zero-order chi connectivity index (χ0) is 13.9. The molecular weight excluding hydrogens is 246 g/mol. The fourth-order valence-corrected chi connectivity index (χ4v) is 3.40. The van der Waals surface area contributed by atoms with Crippen LogP contribution in [-0.4, -0.2) is 23.9 Å². The van der Waals surface area contributed by atoms with E-state index in [4.69, 9.17) is 0 Å². The number of amides is 1. The van der Waals surface area contributed by atoms with Gasteiger partial charge in [-0.15, -0.1) is 0 Å². The van der Waals surface area contributed by atoms with E-state index >= 15 is 0 Å². The summed E-state index contributed by atoms with van der Waals surface area (Å²) < 4.78 is 0. The zero-order valence-electron chi connectivity index (χ0n) is 12.5. The van der Waals surface area contributed by atoms with Crippen LogP contribution in [0.5, 0.6) is 0 Å². The van der Waals surface area contributed by atoms with E-state index in [1.165, 1.54) is 24.0 Å². The van der Waals surface area contributed by atoms with E-state index in [1.54, 1.807) is 0 Å². The van der Waals surface area contributed by atoms with Crippen LogP contribution < -0.4 is 0 Å². The molecule has 0 aromatic heterocycles. The van der Waals surface area contributed by atoms with Gasteiger partial charge in [0.05, 0.1) is 5.92 Å². The van der Waals surface area contributed by atoms with Crippen LogP contribution in [-0.2, 0) is 11.2 Å². The first-order valence-electron chi connectivity index (χ1n) is 8.16. The average Bonchev–Trinajstić information content (AvgIpc) is 3.29. The Bertz CT molecular complexity index is 478. The molecule has 0 bridgehead atoms. The van der Waals surface area contributed by atoms with E-state index in [0.717, 1.165) is 44.7 Å². The normalized spacial score (nSPS) is 21.4. The van der Waals surface area contributed by atoms with Crippen molar-refractivity contribution in [3.63, 3.8) is 0 Å². The minimum absolute atomic E-state index is 0.116. The molecule has 2 aliphatic rings. The number of benzene rings is 1. The number of nitrogens with zero attached hydrogens (tertiary/aromatic N) is 1. The molecule has 1 unspecified atom stereocenters. The molecule has 0 radical (unpaired) electrons. The van der Waals surface area contributed by atoms with Crippen LogP contribution in [0.3, 0.4) is 0 Å². The molecule has 1 amide bonds. The third-order valence-corrected chi connectivity index (χ3v) is 4.65. The molecule has 3 rings (SSSR count). The molecule has 20 heavy (non-hydrogen) atoms. The van der Waals surface area contributed by atoms with Gasteiger partial charge in [0.25, 0.3) is 0 Å². The summed E-state index contributed by atoms with van der Waals surface area (Å²) in [6, 6.07) is 8.54. The molecule has 1 aromatic carbocycles. The van der Waals surface area contributed by atoms with Crippen molar-refractivity contribution in [3.8, 4) is 0 Å². The molecule has 0 heterocycles. The SMILES string of the molecule is CCCN(CC1CC1)C(=O)C1CCCc2ccccc21. The second kappa shape index (κ2) is 5.99. The molecule has 1 atom stereocenters. The maximum Gasteiger partial charge on any atom is 0.230 e. The van der Waals surface area contributed by atoms with Gasteiger partial charge in [-0.2, -0.15) is 0 Å². The minimum Gasteiger partial charge on any atom is -0.342 e. The molecule has 0 spiro atoms. The Morgan fingerprint density at radius 2 is 2.05 bits per heavy atom. The molecule has 2 heteroatoms. The van der Waals surface area contributed by atoms with Crippen molar-refractivity contribution in [2.45, 2.75) is 51.4 Å². The maximum absolute atomic E-state index is 12.9. The first kappa shape index (κ1) is 13.7. The lowest BCUT2D eigenvalue weighted by molar-refractivity contribution is -0.133. The first-order chi connectivity index (χ1) is 9.79. The summed E-state index contributed by atoms with van der Waals surface area (Å²) >= 11 is 0. The van der Waals surface area contributed by atoms with Crippen LogP contribution in [0.4, 0.5) is 0 Å². The Morgan fingerprint density at radius 3 is 2.80 bits per heavy atom. The molecule has 1 saturated carbocycles. The fraction of sp³-hybridized carbons (Fsp3) is 0.611. The van der Waals surface area contributed by atoms with E-state index in [2.05, 4.69) is 36.1 Å². The molecular formula is C18H25NO. The van der Waals surface area contributed by atoms with Crippen LogP contribution in [0.2, 0.25) is 0 Å². The van der Waals surface area contributed by atoms with Gasteiger partial charge in [-0.25, -0.2) is 0 Å². The second-order valence-electron chi connectivity index (χ2n) is 6.37. The topological polar surface area (TPSA) is 20.3 Å². The predicted molar refractivity (Wildman–Crippen MR) is 81.7 cm³/mol. The lowest BCUT2D eigenvalue weighted by Gasteiger charge is -2.31. The smallest absolute Gasteiger partial charge is 0.230 e. The van der Waals surface area contributed by atoms with Crippen LogP contribution >= 0.6 is 0 Å². The second-order valence-corrected chi connectivity index (χ2v) is 6.37. The van der Waals surface area contributed by atoms with Crippen molar-refractivity contribution in [1.29, 1.82) is 0 Å². The number of carbonyl (C=O) groups excluding carboxylic acids is 1. The van der Waals surface area contributed by atoms with Gasteiger partial charge in [0.15, 0.2) is 0 Å². The Morgan fingerprint density at radius 1 is 1.25 bits per heavy atom. The van der Waals surface area contributed by atoms with Gasteiger partial charge in [-0.3, -0.25) is 4.79 Å². The number of hydrogen-bond donors (Lipinski definition) is 0. The number of fused-ring (bicyclic) bond motifs is 1. The van der Waals surface area contributed by atoms with E-state index in [9.17, 15) is 4.79 Å². The number of hydrogen-bond acceptors (Lipinski definition) is 1. The van der Waals surface area contributed by atoms with Gasteiger partial charge >= 0.3 is 0 Å². The van der Waals surface area contributed by atoms with E-state index in [0.29, 0.717) is 5.91 Å². The third kappa shape index (κ3) is 2.89. The standard InChI is InChI=1S/C18H25NO/c1-2-12-19(13-14-10-11-14)18(20)17-9-5-7-15-6-3-4-8-16(15)17/h3-4,6,8,14,17H,2,5,7,9-13H2,1H3. The number of aryl methyl sites for hydroxylation is 1. The van der Waals surface area contributed by atoms with Crippen LogP contribution in [0.1, 0.15) is 56.1 Å². The monoisotopic (exact) mass is 271 g/mol. The van der Waals surface area contributed by atoms with Gasteiger partial charge in [-0.1, -0.05) is 31.2 Å². The van der Waals surface area contributed by atoms with E-state index in [-0.39, 0.29) is 5.92 Å². The average molecular weight is 271 g/mol. The summed E-state index contributed by atoms with van der Waals surface area (Å²) in [5.41, 5.74) is 2.68. The van der Waals surface area contributed by atoms with Crippen LogP contribution in [0.25, 0.3) is 0 Å². The molecule has 0 N–H and O–H groups in total. The van der Waals surface area contributed by atoms with E-state index in [1.807, 2.05) is 0 Å². The van der Waals surface area contributed by atoms with Gasteiger partial charge < -0.3 is 4.90 Å². The third-order valence-electron chi connectivity index (χ3n) is 4.65. The highest BCUT2D eigenvalue weighted by molar-refractivity contribution is 5.84. The van der Waals surface area contributed by atoms with Gasteiger partial charge in [-0.05, 0) is 55.6 Å². The predicted octanol–water partition coefficient (Wildman–Crippen LogP) is 3.76. The largest absolute Gasteiger partial charge is 0.342 e. The molecule has 1 fully saturated rings. The highest BCUT2D eigenvalue weighted by atomic mass is 16.2. The van der Waals surface area contributed by atoms with Crippen LogP contribution in [0, 0.1) is 5.92 Å². The molecule has 108 valence electrons. The van der Waals surface area contributed by atoms with Crippen molar-refractivity contribution >= 4 is 5.91 Å². The summed E-state index contributed by atoms with van der Waals surface area (Å²) in [5.74, 6) is 1.28. The summed E-state index contributed by atoms with van der Waals surface area (Å²) in [4.78, 5) is 15.1. The van der Waals surface area contributed by atoms with Gasteiger partial charge in [0, 0.05) is 13.1 Å². The molecule has 2 aliphatic carbocycles. The quantitative estimate of drug-likeness (QED) is 0.798. The van der Waals surface area contributed by atoms with Crippen molar-refractivity contribution in [3.05, 3.63) is 35.4 Å². The Kier molecular flexibility index (Phi) is 4.09. The van der Waals surface area contributed by atoms with Crippen LogP contribution in [0.15, 0.2) is 24.3 Å². The molecule has 2 nitrogen and oxygen atoms in total. The minimum atomic E-state index is 0.116.